The lowest BCUT2D eigenvalue weighted by Gasteiger charge is -2.03. The van der Waals surface area contributed by atoms with Crippen LogP contribution in [-0.2, 0) is 0 Å². The van der Waals surface area contributed by atoms with Gasteiger partial charge in [0.2, 0.25) is 0 Å². The quantitative estimate of drug-likeness (QED) is 0.781. The lowest BCUT2D eigenvalue weighted by Crippen LogP contribution is -2.10. The fraction of sp³-hybridized carbons (Fsp3) is 0. The largest absolute Gasteiger partial charge is 0.321 e. The van der Waals surface area contributed by atoms with Crippen LogP contribution in [0.25, 0.3) is 5.52 Å². The minimum atomic E-state index is -0.157. The van der Waals surface area contributed by atoms with Gasteiger partial charge in [-0.15, -0.1) is 11.3 Å². The number of carbonyl (C=O) groups is 1. The number of thiophene rings is 1. The Bertz CT molecular complexity index is 719. The molecule has 0 aromatic carbocycles. The predicted octanol–water partition coefficient (Wildman–Crippen LogP) is 3.30. The Hall–Kier alpha value is -1.85. The maximum Gasteiger partial charge on any atom is 0.265 e. The lowest BCUT2D eigenvalue weighted by atomic mass is 10.3. The summed E-state index contributed by atoms with van der Waals surface area (Å²) in [7, 11) is 0. The van der Waals surface area contributed by atoms with Crippen molar-refractivity contribution >= 4 is 40.0 Å². The van der Waals surface area contributed by atoms with Crippen LogP contribution >= 0.6 is 22.9 Å². The topological polar surface area (TPSA) is 46.4 Å². The molecule has 0 bridgehead atoms. The third-order valence-electron chi connectivity index (χ3n) is 2.45. The van der Waals surface area contributed by atoms with Crippen LogP contribution in [0, 0.1) is 0 Å². The summed E-state index contributed by atoms with van der Waals surface area (Å²) in [4.78, 5) is 12.5. The second-order valence-corrected chi connectivity index (χ2v) is 5.39. The van der Waals surface area contributed by atoms with Crippen LogP contribution in [-0.4, -0.2) is 15.5 Å². The van der Waals surface area contributed by atoms with Crippen molar-refractivity contribution in [3.8, 4) is 0 Å². The number of hydrogen-bond donors (Lipinski definition) is 1. The molecule has 3 heterocycles. The average molecular weight is 278 g/mol. The van der Waals surface area contributed by atoms with E-state index in [1.54, 1.807) is 35.1 Å². The molecule has 1 N–H and O–H groups in total. The van der Waals surface area contributed by atoms with Crippen molar-refractivity contribution in [3.05, 3.63) is 51.9 Å². The van der Waals surface area contributed by atoms with Gasteiger partial charge in [0.25, 0.3) is 5.91 Å². The van der Waals surface area contributed by atoms with Gasteiger partial charge in [0.05, 0.1) is 14.7 Å². The second-order valence-electron chi connectivity index (χ2n) is 3.67. The van der Waals surface area contributed by atoms with E-state index in [0.717, 1.165) is 11.2 Å². The minimum Gasteiger partial charge on any atom is -0.321 e. The van der Waals surface area contributed by atoms with Crippen molar-refractivity contribution < 1.29 is 4.79 Å². The molecule has 0 aliphatic carbocycles. The van der Waals surface area contributed by atoms with E-state index < -0.39 is 0 Å². The molecule has 0 radical (unpaired) electrons. The maximum atomic E-state index is 11.9. The van der Waals surface area contributed by atoms with Gasteiger partial charge in [0, 0.05) is 18.1 Å². The van der Waals surface area contributed by atoms with Crippen molar-refractivity contribution in [2.45, 2.75) is 0 Å². The molecule has 0 aliphatic rings. The summed E-state index contributed by atoms with van der Waals surface area (Å²) < 4.78 is 2.34. The van der Waals surface area contributed by atoms with Gasteiger partial charge in [-0.25, -0.2) is 4.52 Å². The Kier molecular flexibility index (Phi) is 2.77. The molecule has 90 valence electrons. The van der Waals surface area contributed by atoms with E-state index in [0.29, 0.717) is 9.21 Å². The van der Waals surface area contributed by atoms with Gasteiger partial charge in [-0.1, -0.05) is 11.6 Å². The zero-order valence-corrected chi connectivity index (χ0v) is 10.7. The number of nitrogens with zero attached hydrogens (tertiary/aromatic N) is 2. The molecule has 0 spiro atoms. The summed E-state index contributed by atoms with van der Waals surface area (Å²) in [5, 5.41) is 6.91. The van der Waals surface area contributed by atoms with Crippen molar-refractivity contribution in [2.75, 3.05) is 5.32 Å². The highest BCUT2D eigenvalue weighted by Gasteiger charge is 2.09. The van der Waals surface area contributed by atoms with E-state index in [4.69, 9.17) is 11.6 Å². The first kappa shape index (κ1) is 11.3. The molecular formula is C12H8ClN3OS. The molecule has 18 heavy (non-hydrogen) atoms. The number of halogens is 1. The summed E-state index contributed by atoms with van der Waals surface area (Å²) in [5.74, 6) is -0.157. The monoisotopic (exact) mass is 277 g/mol. The van der Waals surface area contributed by atoms with Crippen LogP contribution < -0.4 is 5.32 Å². The maximum absolute atomic E-state index is 11.9. The lowest BCUT2D eigenvalue weighted by molar-refractivity contribution is 0.103. The van der Waals surface area contributed by atoms with E-state index in [1.807, 2.05) is 12.1 Å². The summed E-state index contributed by atoms with van der Waals surface area (Å²) in [6.45, 7) is 0. The van der Waals surface area contributed by atoms with Crippen molar-refractivity contribution in [1.82, 2.24) is 9.61 Å². The Morgan fingerprint density at radius 2 is 2.22 bits per heavy atom. The number of anilines is 1. The first-order chi connectivity index (χ1) is 8.72. The highest BCUT2D eigenvalue weighted by atomic mass is 35.5. The molecule has 6 heteroatoms. The van der Waals surface area contributed by atoms with Crippen LogP contribution in [0.1, 0.15) is 9.67 Å². The van der Waals surface area contributed by atoms with Crippen LogP contribution in [0.2, 0.25) is 4.34 Å². The number of nitrogens with one attached hydrogen (secondary N) is 1. The second kappa shape index (κ2) is 4.44. The van der Waals surface area contributed by atoms with E-state index in [9.17, 15) is 4.79 Å². The van der Waals surface area contributed by atoms with Gasteiger partial charge >= 0.3 is 0 Å². The molecular weight excluding hydrogens is 270 g/mol. The molecule has 0 saturated carbocycles. The number of aromatic nitrogens is 2. The standard InChI is InChI=1S/C12H8ClN3OS/c13-11-2-1-10(18-11)12(17)15-8-4-6-16-9(7-8)3-5-14-16/h1-7H,(H,15,17). The third-order valence-corrected chi connectivity index (χ3v) is 3.68. The molecule has 0 aliphatic heterocycles. The normalized spacial score (nSPS) is 10.7. The van der Waals surface area contributed by atoms with Crippen LogP contribution in [0.3, 0.4) is 0 Å². The summed E-state index contributed by atoms with van der Waals surface area (Å²) in [5.41, 5.74) is 1.66. The molecule has 0 saturated heterocycles. The molecule has 1 amide bonds. The number of amides is 1. The number of carbonyl (C=O) groups excluding carboxylic acids is 1. The van der Waals surface area contributed by atoms with Gasteiger partial charge in [0.15, 0.2) is 0 Å². The average Bonchev–Trinajstić information content (AvgIpc) is 2.96. The number of fused-ring (bicyclic) bond motifs is 1. The zero-order valence-electron chi connectivity index (χ0n) is 9.13. The number of hydrogen-bond acceptors (Lipinski definition) is 3. The van der Waals surface area contributed by atoms with Crippen molar-refractivity contribution in [3.63, 3.8) is 0 Å². The Morgan fingerprint density at radius 3 is 3.00 bits per heavy atom. The molecule has 0 unspecified atom stereocenters. The Balaban J connectivity index is 1.85. The third kappa shape index (κ3) is 2.10. The number of pyridine rings is 1. The first-order valence-corrected chi connectivity index (χ1v) is 6.42. The van der Waals surface area contributed by atoms with Crippen molar-refractivity contribution in [2.24, 2.45) is 0 Å². The zero-order chi connectivity index (χ0) is 12.5. The molecule has 0 atom stereocenters. The van der Waals surface area contributed by atoms with Crippen LogP contribution in [0.5, 0.6) is 0 Å². The fourth-order valence-corrected chi connectivity index (χ4v) is 2.57. The van der Waals surface area contributed by atoms with E-state index in [2.05, 4.69) is 10.4 Å². The van der Waals surface area contributed by atoms with Crippen LogP contribution in [0.15, 0.2) is 42.7 Å². The number of rotatable bonds is 2. The van der Waals surface area contributed by atoms with E-state index in [-0.39, 0.29) is 5.91 Å². The summed E-state index contributed by atoms with van der Waals surface area (Å²) in [6, 6.07) is 8.95. The molecule has 4 nitrogen and oxygen atoms in total. The van der Waals surface area contributed by atoms with Gasteiger partial charge in [-0.05, 0) is 30.3 Å². The highest BCUT2D eigenvalue weighted by molar-refractivity contribution is 7.18. The predicted molar refractivity (Wildman–Crippen MR) is 72.5 cm³/mol. The minimum absolute atomic E-state index is 0.157. The van der Waals surface area contributed by atoms with Gasteiger partial charge in [-0.2, -0.15) is 5.10 Å². The van der Waals surface area contributed by atoms with E-state index >= 15 is 0 Å². The van der Waals surface area contributed by atoms with Crippen LogP contribution in [0.4, 0.5) is 5.69 Å². The van der Waals surface area contributed by atoms with Crippen molar-refractivity contribution in [1.29, 1.82) is 0 Å². The summed E-state index contributed by atoms with van der Waals surface area (Å²) in [6.07, 6.45) is 3.51. The van der Waals surface area contributed by atoms with Gasteiger partial charge in [0.1, 0.15) is 0 Å². The Labute approximate surface area is 112 Å². The summed E-state index contributed by atoms with van der Waals surface area (Å²) >= 11 is 7.05. The molecule has 3 aromatic rings. The molecule has 3 rings (SSSR count). The highest BCUT2D eigenvalue weighted by Crippen LogP contribution is 2.22. The van der Waals surface area contributed by atoms with Gasteiger partial charge in [-0.3, -0.25) is 4.79 Å². The SMILES string of the molecule is O=C(Nc1ccn2nccc2c1)c1ccc(Cl)s1. The molecule has 3 aromatic heterocycles. The fourth-order valence-electron chi connectivity index (χ4n) is 1.63. The van der Waals surface area contributed by atoms with Gasteiger partial charge < -0.3 is 5.32 Å². The van der Waals surface area contributed by atoms with E-state index in [1.165, 1.54) is 11.3 Å². The first-order valence-electron chi connectivity index (χ1n) is 5.22. The smallest absolute Gasteiger partial charge is 0.265 e. The Morgan fingerprint density at radius 1 is 1.33 bits per heavy atom. The molecule has 0 fully saturated rings.